The molecule has 2 aromatic rings. The molecule has 2 rings (SSSR count). The zero-order valence-corrected chi connectivity index (χ0v) is 7.53. The van der Waals surface area contributed by atoms with E-state index in [0.29, 0.717) is 23.0 Å². The lowest BCUT2D eigenvalue weighted by molar-refractivity contribution is 0.296. The molecule has 67 valence electrons. The first-order valence-corrected chi connectivity index (χ1v) is 4.20. The molecule has 0 saturated heterocycles. The Kier molecular flexibility index (Phi) is 2.07. The summed E-state index contributed by atoms with van der Waals surface area (Å²) >= 11 is 5.01. The van der Waals surface area contributed by atoms with Gasteiger partial charge in [-0.05, 0) is 6.07 Å². The smallest absolute Gasteiger partial charge is 0.253 e. The third-order valence-electron chi connectivity index (χ3n) is 1.59. The molecule has 1 N–H and O–H groups in total. The minimum atomic E-state index is 0.0314. The lowest BCUT2D eigenvalue weighted by atomic mass is 10.4. The number of aliphatic hydroxyl groups is 1. The largest absolute Gasteiger partial charge is 0.396 e. The molecule has 0 aromatic carbocycles. The van der Waals surface area contributed by atoms with Gasteiger partial charge in [-0.2, -0.15) is 9.50 Å². The summed E-state index contributed by atoms with van der Waals surface area (Å²) < 4.78 is 1.49. The SMILES string of the molecule is OCCc1nc2nccc([S])n2n1. The average Bonchev–Trinajstić information content (AvgIpc) is 2.49. The molecule has 13 heavy (non-hydrogen) atoms. The highest BCUT2D eigenvalue weighted by molar-refractivity contribution is 7.80. The van der Waals surface area contributed by atoms with E-state index in [1.807, 2.05) is 0 Å². The molecule has 6 heteroatoms. The zero-order chi connectivity index (χ0) is 9.26. The molecule has 0 unspecified atom stereocenters. The predicted octanol–water partition coefficient (Wildman–Crippen LogP) is 0.216. The summed E-state index contributed by atoms with van der Waals surface area (Å²) in [5.41, 5.74) is 0. The standard InChI is InChI=1S/C7H7N4OS/c12-4-2-5-9-7-8-3-1-6(13)11(7)10-5/h1,3,12H,2,4H2. The van der Waals surface area contributed by atoms with Crippen LogP contribution in [0.3, 0.4) is 0 Å². The highest BCUT2D eigenvalue weighted by atomic mass is 32.1. The van der Waals surface area contributed by atoms with Gasteiger partial charge in [-0.25, -0.2) is 4.98 Å². The Morgan fingerprint density at radius 1 is 1.54 bits per heavy atom. The summed E-state index contributed by atoms with van der Waals surface area (Å²) in [7, 11) is 0. The predicted molar refractivity (Wildman–Crippen MR) is 47.4 cm³/mol. The lowest BCUT2D eigenvalue weighted by Crippen LogP contribution is -1.94. The van der Waals surface area contributed by atoms with E-state index in [9.17, 15) is 0 Å². The fourth-order valence-corrected chi connectivity index (χ4v) is 1.20. The first-order chi connectivity index (χ1) is 6.31. The summed E-state index contributed by atoms with van der Waals surface area (Å²) in [5, 5.41) is 13.3. The summed E-state index contributed by atoms with van der Waals surface area (Å²) in [6.45, 7) is 0.0314. The van der Waals surface area contributed by atoms with Crippen LogP contribution in [0.5, 0.6) is 0 Å². The average molecular weight is 195 g/mol. The van der Waals surface area contributed by atoms with E-state index < -0.39 is 0 Å². The van der Waals surface area contributed by atoms with Crippen LogP contribution in [-0.2, 0) is 6.42 Å². The van der Waals surface area contributed by atoms with Gasteiger partial charge < -0.3 is 5.11 Å². The van der Waals surface area contributed by atoms with Gasteiger partial charge in [0.15, 0.2) is 5.82 Å². The third-order valence-corrected chi connectivity index (χ3v) is 1.89. The number of aliphatic hydroxyl groups excluding tert-OH is 1. The van der Waals surface area contributed by atoms with Gasteiger partial charge in [0.25, 0.3) is 5.78 Å². The topological polar surface area (TPSA) is 63.3 Å². The Labute approximate surface area is 79.9 Å². The molecular weight excluding hydrogens is 188 g/mol. The van der Waals surface area contributed by atoms with Crippen molar-refractivity contribution in [3.63, 3.8) is 0 Å². The molecule has 0 bridgehead atoms. The molecule has 0 atom stereocenters. The van der Waals surface area contributed by atoms with E-state index in [4.69, 9.17) is 17.7 Å². The molecule has 0 aliphatic carbocycles. The van der Waals surface area contributed by atoms with Crippen molar-refractivity contribution < 1.29 is 5.11 Å². The highest BCUT2D eigenvalue weighted by Crippen LogP contribution is 2.06. The Morgan fingerprint density at radius 3 is 3.08 bits per heavy atom. The molecule has 0 fully saturated rings. The van der Waals surface area contributed by atoms with Crippen LogP contribution < -0.4 is 0 Å². The molecule has 5 nitrogen and oxygen atoms in total. The Hall–Kier alpha value is -1.27. The molecule has 2 aromatic heterocycles. The van der Waals surface area contributed by atoms with E-state index in [1.165, 1.54) is 4.52 Å². The molecule has 0 spiro atoms. The van der Waals surface area contributed by atoms with Crippen molar-refractivity contribution in [2.24, 2.45) is 0 Å². The number of rotatable bonds is 2. The van der Waals surface area contributed by atoms with Gasteiger partial charge in [0.05, 0.1) is 6.61 Å². The fraction of sp³-hybridized carbons (Fsp3) is 0.286. The van der Waals surface area contributed by atoms with Gasteiger partial charge in [0.1, 0.15) is 5.03 Å². The second kappa shape index (κ2) is 3.23. The highest BCUT2D eigenvalue weighted by Gasteiger charge is 2.05. The molecule has 0 saturated carbocycles. The van der Waals surface area contributed by atoms with Crippen molar-refractivity contribution in [2.45, 2.75) is 11.4 Å². The van der Waals surface area contributed by atoms with Crippen LogP contribution in [0.25, 0.3) is 5.78 Å². The fourth-order valence-electron chi connectivity index (χ4n) is 1.02. The minimum absolute atomic E-state index is 0.0314. The van der Waals surface area contributed by atoms with Crippen LogP contribution in [0.1, 0.15) is 5.82 Å². The van der Waals surface area contributed by atoms with Crippen molar-refractivity contribution in [3.8, 4) is 0 Å². The quantitative estimate of drug-likeness (QED) is 0.696. The van der Waals surface area contributed by atoms with Crippen LogP contribution in [0, 0.1) is 0 Å². The maximum Gasteiger partial charge on any atom is 0.253 e. The van der Waals surface area contributed by atoms with E-state index in [2.05, 4.69) is 15.1 Å². The monoisotopic (exact) mass is 195 g/mol. The van der Waals surface area contributed by atoms with E-state index in [0.717, 1.165) is 0 Å². The van der Waals surface area contributed by atoms with Crippen LogP contribution in [0.2, 0.25) is 0 Å². The second-order valence-electron chi connectivity index (χ2n) is 2.50. The van der Waals surface area contributed by atoms with Gasteiger partial charge >= 0.3 is 0 Å². The van der Waals surface area contributed by atoms with Crippen LogP contribution in [-0.4, -0.2) is 31.3 Å². The molecule has 1 radical (unpaired) electrons. The van der Waals surface area contributed by atoms with Gasteiger partial charge in [-0.3, -0.25) is 0 Å². The number of fused-ring (bicyclic) bond motifs is 1. The number of hydrogen-bond acceptors (Lipinski definition) is 4. The van der Waals surface area contributed by atoms with Gasteiger partial charge in [0, 0.05) is 12.6 Å². The molecule has 0 amide bonds. The Balaban J connectivity index is 2.55. The first-order valence-electron chi connectivity index (χ1n) is 3.80. The molecule has 2 heterocycles. The number of hydrogen-bond donors (Lipinski definition) is 1. The Bertz CT molecular complexity index is 427. The van der Waals surface area contributed by atoms with Gasteiger partial charge in [0.2, 0.25) is 0 Å². The van der Waals surface area contributed by atoms with Crippen molar-refractivity contribution in [1.29, 1.82) is 0 Å². The molecule has 0 aliphatic heterocycles. The van der Waals surface area contributed by atoms with Gasteiger partial charge in [-0.15, -0.1) is 5.10 Å². The van der Waals surface area contributed by atoms with Crippen molar-refractivity contribution in [1.82, 2.24) is 19.6 Å². The van der Waals surface area contributed by atoms with Crippen LogP contribution in [0.4, 0.5) is 0 Å². The van der Waals surface area contributed by atoms with Crippen molar-refractivity contribution in [3.05, 3.63) is 18.1 Å². The van der Waals surface area contributed by atoms with Crippen LogP contribution in [0.15, 0.2) is 17.3 Å². The van der Waals surface area contributed by atoms with E-state index in [-0.39, 0.29) is 6.61 Å². The minimum Gasteiger partial charge on any atom is -0.396 e. The lowest BCUT2D eigenvalue weighted by Gasteiger charge is -1.90. The first kappa shape index (κ1) is 8.33. The van der Waals surface area contributed by atoms with Gasteiger partial charge in [-0.1, -0.05) is 12.6 Å². The van der Waals surface area contributed by atoms with Crippen molar-refractivity contribution in [2.75, 3.05) is 6.61 Å². The summed E-state index contributed by atoms with van der Waals surface area (Å²) in [6.07, 6.45) is 2.02. The maximum absolute atomic E-state index is 8.68. The second-order valence-corrected chi connectivity index (χ2v) is 2.91. The zero-order valence-electron chi connectivity index (χ0n) is 6.71. The summed E-state index contributed by atoms with van der Waals surface area (Å²) in [4.78, 5) is 8.06. The Morgan fingerprint density at radius 2 is 2.38 bits per heavy atom. The number of nitrogens with zero attached hydrogens (tertiary/aromatic N) is 4. The van der Waals surface area contributed by atoms with Crippen LogP contribution >= 0.6 is 12.6 Å². The third kappa shape index (κ3) is 1.45. The summed E-state index contributed by atoms with van der Waals surface area (Å²) in [6, 6.07) is 1.68. The summed E-state index contributed by atoms with van der Waals surface area (Å²) in [5.74, 6) is 1.04. The molecule has 0 aliphatic rings. The van der Waals surface area contributed by atoms with Crippen molar-refractivity contribution >= 4 is 18.4 Å². The van der Waals surface area contributed by atoms with E-state index >= 15 is 0 Å². The molecular formula is C7H7N4OS. The van der Waals surface area contributed by atoms with E-state index in [1.54, 1.807) is 12.3 Å². The normalized spacial score (nSPS) is 10.8. The number of aromatic nitrogens is 4. The maximum atomic E-state index is 8.68.